The number of carbonyl (C=O) groups is 2. The molecule has 0 atom stereocenters. The quantitative estimate of drug-likeness (QED) is 0.685. The summed E-state index contributed by atoms with van der Waals surface area (Å²) in [5.74, 6) is -0.418. The number of halogens is 2. The maximum Gasteiger partial charge on any atom is 0.293 e. The fourth-order valence-corrected chi connectivity index (χ4v) is 3.54. The predicted octanol–water partition coefficient (Wildman–Crippen LogP) is 5.10. The van der Waals surface area contributed by atoms with Gasteiger partial charge in [0.15, 0.2) is 0 Å². The molecule has 0 aromatic heterocycles. The monoisotopic (exact) mass is 388 g/mol. The maximum absolute atomic E-state index is 12.6. The summed E-state index contributed by atoms with van der Waals surface area (Å²) in [6.07, 6.45) is 1.55. The van der Waals surface area contributed by atoms with Gasteiger partial charge in [0.2, 0.25) is 0 Å². The van der Waals surface area contributed by atoms with E-state index in [1.807, 2.05) is 0 Å². The van der Waals surface area contributed by atoms with Crippen molar-refractivity contribution in [3.05, 3.63) is 74.1 Å². The molecule has 124 valence electrons. The molecule has 0 N–H and O–H groups in total. The van der Waals surface area contributed by atoms with Crippen molar-refractivity contribution in [2.75, 3.05) is 0 Å². The average Bonchev–Trinajstić information content (AvgIpc) is 2.87. The van der Waals surface area contributed by atoms with Crippen LogP contribution in [0.4, 0.5) is 4.79 Å². The van der Waals surface area contributed by atoms with Crippen molar-refractivity contribution in [3.8, 4) is 6.07 Å². The normalized spacial score (nSPS) is 15.7. The van der Waals surface area contributed by atoms with E-state index in [1.54, 1.807) is 48.5 Å². The van der Waals surface area contributed by atoms with Gasteiger partial charge in [-0.05, 0) is 41.1 Å². The van der Waals surface area contributed by atoms with Gasteiger partial charge in [-0.1, -0.05) is 53.5 Å². The fraction of sp³-hybridized carbons (Fsp3) is 0.0556. The number of carbonyl (C=O) groups excluding carboxylic acids is 2. The molecule has 0 unspecified atom stereocenters. The van der Waals surface area contributed by atoms with E-state index < -0.39 is 5.91 Å². The van der Waals surface area contributed by atoms with E-state index in [9.17, 15) is 9.59 Å². The minimum Gasteiger partial charge on any atom is -0.268 e. The molecule has 3 rings (SSSR count). The third kappa shape index (κ3) is 3.57. The predicted molar refractivity (Wildman–Crippen MR) is 99.1 cm³/mol. The Balaban J connectivity index is 1.89. The van der Waals surface area contributed by atoms with Gasteiger partial charge >= 0.3 is 0 Å². The number of hydrogen-bond donors (Lipinski definition) is 0. The average molecular weight is 389 g/mol. The number of amides is 2. The summed E-state index contributed by atoms with van der Waals surface area (Å²) in [7, 11) is 0. The summed E-state index contributed by atoms with van der Waals surface area (Å²) in [4.78, 5) is 26.2. The van der Waals surface area contributed by atoms with E-state index in [0.29, 0.717) is 26.7 Å². The van der Waals surface area contributed by atoms with Gasteiger partial charge in [0.1, 0.15) is 0 Å². The molecule has 2 aromatic carbocycles. The summed E-state index contributed by atoms with van der Waals surface area (Å²) < 4.78 is 0. The van der Waals surface area contributed by atoms with E-state index >= 15 is 0 Å². The molecular weight excluding hydrogens is 379 g/mol. The molecule has 0 radical (unpaired) electrons. The summed E-state index contributed by atoms with van der Waals surface area (Å²) >= 11 is 12.9. The van der Waals surface area contributed by atoms with Crippen LogP contribution < -0.4 is 0 Å². The summed E-state index contributed by atoms with van der Waals surface area (Å²) in [5, 5.41) is 9.46. The van der Waals surface area contributed by atoms with Gasteiger partial charge in [-0.25, -0.2) is 0 Å². The zero-order valence-corrected chi connectivity index (χ0v) is 15.0. The van der Waals surface area contributed by atoms with Crippen LogP contribution in [0.1, 0.15) is 16.7 Å². The number of thioether (sulfide) groups is 1. The van der Waals surface area contributed by atoms with Crippen LogP contribution in [0.2, 0.25) is 10.0 Å². The first-order valence-electron chi connectivity index (χ1n) is 7.18. The van der Waals surface area contributed by atoms with E-state index in [0.717, 1.165) is 16.7 Å². The zero-order valence-electron chi connectivity index (χ0n) is 12.7. The van der Waals surface area contributed by atoms with Crippen molar-refractivity contribution in [1.82, 2.24) is 4.90 Å². The van der Waals surface area contributed by atoms with E-state index in [-0.39, 0.29) is 16.7 Å². The molecule has 25 heavy (non-hydrogen) atoms. The first kappa shape index (κ1) is 17.6. The van der Waals surface area contributed by atoms with Crippen LogP contribution in [-0.4, -0.2) is 16.0 Å². The van der Waals surface area contributed by atoms with Crippen molar-refractivity contribution in [2.24, 2.45) is 0 Å². The van der Waals surface area contributed by atoms with Gasteiger partial charge in [-0.2, -0.15) is 5.26 Å². The van der Waals surface area contributed by atoms with Crippen molar-refractivity contribution < 1.29 is 9.59 Å². The van der Waals surface area contributed by atoms with Gasteiger partial charge in [0.25, 0.3) is 11.1 Å². The number of hydrogen-bond acceptors (Lipinski definition) is 4. The van der Waals surface area contributed by atoms with Crippen LogP contribution in [0.5, 0.6) is 0 Å². The lowest BCUT2D eigenvalue weighted by molar-refractivity contribution is -0.123. The zero-order chi connectivity index (χ0) is 18.0. The molecule has 2 aromatic rings. The largest absolute Gasteiger partial charge is 0.293 e. The lowest BCUT2D eigenvalue weighted by Crippen LogP contribution is -2.27. The molecule has 0 aliphatic carbocycles. The van der Waals surface area contributed by atoms with Gasteiger partial charge in [-0.3, -0.25) is 14.5 Å². The molecule has 2 amide bonds. The first-order chi connectivity index (χ1) is 12.0. The number of imide groups is 1. The van der Waals surface area contributed by atoms with Gasteiger partial charge in [0, 0.05) is 0 Å². The van der Waals surface area contributed by atoms with E-state index in [2.05, 4.69) is 6.07 Å². The van der Waals surface area contributed by atoms with Crippen LogP contribution in [0, 0.1) is 11.3 Å². The molecule has 0 bridgehead atoms. The lowest BCUT2D eigenvalue weighted by atomic mass is 10.1. The van der Waals surface area contributed by atoms with Gasteiger partial charge < -0.3 is 0 Å². The van der Waals surface area contributed by atoms with Crippen LogP contribution in [0.25, 0.3) is 6.08 Å². The van der Waals surface area contributed by atoms with Crippen LogP contribution in [0.15, 0.2) is 47.4 Å². The third-order valence-electron chi connectivity index (χ3n) is 3.61. The molecule has 4 nitrogen and oxygen atoms in total. The maximum atomic E-state index is 12.6. The smallest absolute Gasteiger partial charge is 0.268 e. The fourth-order valence-electron chi connectivity index (χ4n) is 2.35. The topological polar surface area (TPSA) is 61.2 Å². The highest BCUT2D eigenvalue weighted by Crippen LogP contribution is 2.35. The number of nitrogens with zero attached hydrogens (tertiary/aromatic N) is 2. The van der Waals surface area contributed by atoms with Gasteiger partial charge in [0.05, 0.1) is 33.1 Å². The molecule has 1 aliphatic rings. The highest BCUT2D eigenvalue weighted by atomic mass is 35.5. The molecule has 1 fully saturated rings. The Morgan fingerprint density at radius 2 is 1.88 bits per heavy atom. The summed E-state index contributed by atoms with van der Waals surface area (Å²) in [5.41, 5.74) is 1.62. The Bertz CT molecular complexity index is 950. The summed E-state index contributed by atoms with van der Waals surface area (Å²) in [6, 6.07) is 14.0. The second-order valence-electron chi connectivity index (χ2n) is 5.18. The first-order valence-corrected chi connectivity index (χ1v) is 8.76. The minimum absolute atomic E-state index is 0.0506. The lowest BCUT2D eigenvalue weighted by Gasteiger charge is -2.13. The third-order valence-corrected chi connectivity index (χ3v) is 5.35. The van der Waals surface area contributed by atoms with Crippen LogP contribution in [0.3, 0.4) is 0 Å². The van der Waals surface area contributed by atoms with Gasteiger partial charge in [-0.15, -0.1) is 0 Å². The number of rotatable bonds is 3. The SMILES string of the molecule is N#Cc1ccccc1CN1C(=O)S/C(=C/c2cccc(Cl)c2Cl)C1=O. The standard InChI is InChI=1S/C18H10Cl2N2O2S/c19-14-7-3-6-11(16(14)20)8-15-17(23)22(18(24)25-15)10-13-5-2-1-4-12(13)9-21/h1-8H,10H2/b15-8+. The highest BCUT2D eigenvalue weighted by molar-refractivity contribution is 8.18. The molecule has 1 saturated heterocycles. The Morgan fingerprint density at radius 3 is 2.64 bits per heavy atom. The van der Waals surface area contributed by atoms with E-state index in [4.69, 9.17) is 28.5 Å². The molecule has 1 heterocycles. The second-order valence-corrected chi connectivity index (χ2v) is 6.96. The molecule has 7 heteroatoms. The van der Waals surface area contributed by atoms with Crippen molar-refractivity contribution in [3.63, 3.8) is 0 Å². The second kappa shape index (κ2) is 7.32. The molecule has 0 saturated carbocycles. The van der Waals surface area contributed by atoms with Crippen LogP contribution >= 0.6 is 35.0 Å². The molecule has 1 aliphatic heterocycles. The molecular formula is C18H10Cl2N2O2S. The van der Waals surface area contributed by atoms with Crippen molar-refractivity contribution >= 4 is 52.2 Å². The number of benzene rings is 2. The van der Waals surface area contributed by atoms with Crippen molar-refractivity contribution in [2.45, 2.75) is 6.54 Å². The summed E-state index contributed by atoms with van der Waals surface area (Å²) in [6.45, 7) is 0.0506. The molecule has 0 spiro atoms. The van der Waals surface area contributed by atoms with E-state index in [1.165, 1.54) is 0 Å². The Hall–Kier alpha value is -2.26. The number of nitriles is 1. The Kier molecular flexibility index (Phi) is 5.14. The van der Waals surface area contributed by atoms with Crippen LogP contribution in [-0.2, 0) is 11.3 Å². The Morgan fingerprint density at radius 1 is 1.12 bits per heavy atom. The highest BCUT2D eigenvalue weighted by Gasteiger charge is 2.35. The Labute approximate surface area is 158 Å². The minimum atomic E-state index is -0.418. The van der Waals surface area contributed by atoms with Crippen molar-refractivity contribution in [1.29, 1.82) is 5.26 Å².